The molecule has 0 saturated heterocycles. The minimum absolute atomic E-state index is 0.0361. The van der Waals surface area contributed by atoms with E-state index < -0.39 is 28.1 Å². The van der Waals surface area contributed by atoms with Gasteiger partial charge in [0, 0.05) is 5.75 Å². The number of rotatable bonds is 9. The van der Waals surface area contributed by atoms with Crippen molar-refractivity contribution in [2.45, 2.75) is 21.6 Å². The number of hydrogen-bond donors (Lipinski definition) is 1. The Kier molecular flexibility index (Phi) is 7.52. The quantitative estimate of drug-likeness (QED) is 0.407. The average molecular weight is 491 g/mol. The highest BCUT2D eigenvalue weighted by atomic mass is 32.2. The largest absolute Gasteiger partial charge is 0.573 e. The number of aliphatic hydroxyl groups excluding tert-OH is 1. The van der Waals surface area contributed by atoms with Crippen LogP contribution in [0, 0.1) is 0 Å². The highest BCUT2D eigenvalue weighted by Crippen LogP contribution is 2.28. The molecule has 0 saturated carbocycles. The number of aliphatic hydroxyl groups is 1. The zero-order valence-corrected chi connectivity index (χ0v) is 18.2. The molecule has 1 atom stereocenters. The molecule has 1 unspecified atom stereocenters. The highest BCUT2D eigenvalue weighted by Gasteiger charge is 2.31. The Labute approximate surface area is 185 Å². The summed E-state index contributed by atoms with van der Waals surface area (Å²) in [6.07, 6.45) is -5.80. The van der Waals surface area contributed by atoms with E-state index in [0.717, 1.165) is 16.3 Å². The minimum Gasteiger partial charge on any atom is -0.457 e. The average Bonchev–Trinajstić information content (AvgIpc) is 3.21. The van der Waals surface area contributed by atoms with Crippen LogP contribution in [0.15, 0.2) is 75.1 Å². The molecule has 31 heavy (non-hydrogen) atoms. The molecule has 5 nitrogen and oxygen atoms in total. The third kappa shape index (κ3) is 7.46. The molecule has 1 heterocycles. The first-order valence-electron chi connectivity index (χ1n) is 8.81. The van der Waals surface area contributed by atoms with Crippen molar-refractivity contribution in [2.24, 2.45) is 0 Å². The van der Waals surface area contributed by atoms with E-state index in [-0.39, 0.29) is 22.1 Å². The lowest BCUT2D eigenvalue weighted by atomic mass is 10.3. The fourth-order valence-corrected chi connectivity index (χ4v) is 5.74. The van der Waals surface area contributed by atoms with Crippen molar-refractivity contribution in [3.8, 4) is 17.2 Å². The van der Waals surface area contributed by atoms with Crippen LogP contribution >= 0.6 is 23.1 Å². The monoisotopic (exact) mass is 490 g/mol. The molecule has 1 N–H and O–H groups in total. The molecule has 3 rings (SSSR count). The second kappa shape index (κ2) is 9.94. The van der Waals surface area contributed by atoms with Gasteiger partial charge in [0.2, 0.25) is 0 Å². The van der Waals surface area contributed by atoms with Gasteiger partial charge in [-0.15, -0.1) is 36.3 Å². The molecule has 0 amide bonds. The number of thioether (sulfide) groups is 1. The molecule has 166 valence electrons. The molecule has 0 aliphatic carbocycles. The van der Waals surface area contributed by atoms with E-state index in [0.29, 0.717) is 5.75 Å². The Morgan fingerprint density at radius 3 is 2.10 bits per heavy atom. The Morgan fingerprint density at radius 1 is 0.968 bits per heavy atom. The lowest BCUT2D eigenvalue weighted by molar-refractivity contribution is -0.274. The second-order valence-corrected chi connectivity index (χ2v) is 10.6. The molecule has 0 fully saturated rings. The summed E-state index contributed by atoms with van der Waals surface area (Å²) in [5.74, 6) is 0.0295. The second-order valence-electron chi connectivity index (χ2n) is 6.27. The summed E-state index contributed by atoms with van der Waals surface area (Å²) in [6, 6.07) is 14.2. The number of ether oxygens (including phenoxy) is 2. The SMILES string of the molecule is O=S(=O)(CC(O)CSc1cccs1)c1ccc(Oc2ccc(OC(F)(F)F)cc2)cc1. The lowest BCUT2D eigenvalue weighted by Gasteiger charge is -2.12. The van der Waals surface area contributed by atoms with E-state index in [4.69, 9.17) is 4.74 Å². The maximum atomic E-state index is 12.5. The van der Waals surface area contributed by atoms with Crippen molar-refractivity contribution in [2.75, 3.05) is 11.5 Å². The van der Waals surface area contributed by atoms with E-state index in [2.05, 4.69) is 4.74 Å². The van der Waals surface area contributed by atoms with Crippen molar-refractivity contribution in [3.05, 3.63) is 66.0 Å². The highest BCUT2D eigenvalue weighted by molar-refractivity contribution is 8.01. The van der Waals surface area contributed by atoms with Crippen molar-refractivity contribution < 1.29 is 36.2 Å². The maximum absolute atomic E-state index is 12.5. The van der Waals surface area contributed by atoms with E-state index in [1.165, 1.54) is 59.5 Å². The van der Waals surface area contributed by atoms with Gasteiger partial charge in [-0.1, -0.05) is 6.07 Å². The van der Waals surface area contributed by atoms with Crippen LogP contribution in [0.2, 0.25) is 0 Å². The van der Waals surface area contributed by atoms with Crippen LogP contribution in [-0.4, -0.2) is 37.5 Å². The fourth-order valence-electron chi connectivity index (χ4n) is 2.48. The van der Waals surface area contributed by atoms with Gasteiger partial charge in [-0.05, 0) is 60.0 Å². The van der Waals surface area contributed by atoms with Gasteiger partial charge in [-0.25, -0.2) is 8.42 Å². The first kappa shape index (κ1) is 23.5. The van der Waals surface area contributed by atoms with Gasteiger partial charge in [0.15, 0.2) is 9.84 Å². The third-order valence-electron chi connectivity index (χ3n) is 3.80. The van der Waals surface area contributed by atoms with E-state index in [1.807, 2.05) is 17.5 Å². The zero-order valence-electron chi connectivity index (χ0n) is 15.8. The number of sulfone groups is 1. The van der Waals surface area contributed by atoms with E-state index in [9.17, 15) is 26.7 Å². The van der Waals surface area contributed by atoms with Crippen molar-refractivity contribution in [1.82, 2.24) is 0 Å². The topological polar surface area (TPSA) is 72.8 Å². The molecule has 0 aliphatic heterocycles. The molecule has 0 radical (unpaired) electrons. The molecule has 0 bridgehead atoms. The van der Waals surface area contributed by atoms with Gasteiger partial charge in [-0.3, -0.25) is 0 Å². The fraction of sp³-hybridized carbons (Fsp3) is 0.200. The third-order valence-corrected chi connectivity index (χ3v) is 7.89. The minimum atomic E-state index is -4.78. The van der Waals surface area contributed by atoms with Crippen LogP contribution in [-0.2, 0) is 9.84 Å². The van der Waals surface area contributed by atoms with Gasteiger partial charge >= 0.3 is 6.36 Å². The van der Waals surface area contributed by atoms with Crippen molar-refractivity contribution in [1.29, 1.82) is 0 Å². The molecule has 1 aromatic heterocycles. The van der Waals surface area contributed by atoms with Crippen LogP contribution in [0.25, 0.3) is 0 Å². The normalized spacial score (nSPS) is 13.0. The summed E-state index contributed by atoms with van der Waals surface area (Å²) >= 11 is 2.91. The number of hydrogen-bond acceptors (Lipinski definition) is 7. The Balaban J connectivity index is 1.57. The summed E-state index contributed by atoms with van der Waals surface area (Å²) in [5.41, 5.74) is 0. The molecular weight excluding hydrogens is 473 g/mol. The summed E-state index contributed by atoms with van der Waals surface area (Å²) in [7, 11) is -3.70. The lowest BCUT2D eigenvalue weighted by Crippen LogP contribution is -2.23. The van der Waals surface area contributed by atoms with Gasteiger partial charge in [-0.2, -0.15) is 0 Å². The number of halogens is 3. The van der Waals surface area contributed by atoms with Gasteiger partial charge in [0.1, 0.15) is 17.2 Å². The molecule has 0 spiro atoms. The molecular formula is C20H17F3O5S3. The summed E-state index contributed by atoms with van der Waals surface area (Å²) in [4.78, 5) is 0.0361. The van der Waals surface area contributed by atoms with E-state index in [1.54, 1.807) is 0 Å². The standard InChI is InChI=1S/C20H17F3O5S3/c21-20(22,23)28-17-5-3-15(4-6-17)27-16-7-9-18(10-8-16)31(25,26)13-14(24)12-30-19-2-1-11-29-19/h1-11,14,24H,12-13H2. The van der Waals surface area contributed by atoms with Gasteiger partial charge < -0.3 is 14.6 Å². The first-order valence-corrected chi connectivity index (χ1v) is 12.3. The van der Waals surface area contributed by atoms with Crippen molar-refractivity contribution in [3.63, 3.8) is 0 Å². The number of benzene rings is 2. The molecule has 3 aromatic rings. The van der Waals surface area contributed by atoms with Crippen LogP contribution < -0.4 is 9.47 Å². The maximum Gasteiger partial charge on any atom is 0.573 e. The van der Waals surface area contributed by atoms with Crippen LogP contribution in [0.1, 0.15) is 0 Å². The summed E-state index contributed by atoms with van der Waals surface area (Å²) < 4.78 is 71.9. The number of alkyl halides is 3. The van der Waals surface area contributed by atoms with Crippen LogP contribution in [0.4, 0.5) is 13.2 Å². The Morgan fingerprint density at radius 2 is 1.55 bits per heavy atom. The summed E-state index contributed by atoms with van der Waals surface area (Å²) in [6.45, 7) is 0. The summed E-state index contributed by atoms with van der Waals surface area (Å²) in [5, 5.41) is 12.0. The molecule has 0 aliphatic rings. The van der Waals surface area contributed by atoms with Crippen LogP contribution in [0.3, 0.4) is 0 Å². The van der Waals surface area contributed by atoms with Crippen LogP contribution in [0.5, 0.6) is 17.2 Å². The zero-order chi connectivity index (χ0) is 22.5. The van der Waals surface area contributed by atoms with Gasteiger partial charge in [0.25, 0.3) is 0 Å². The number of thiophene rings is 1. The molecule has 2 aromatic carbocycles. The predicted octanol–water partition coefficient (Wildman–Crippen LogP) is 5.37. The van der Waals surface area contributed by atoms with Crippen molar-refractivity contribution >= 4 is 32.9 Å². The van der Waals surface area contributed by atoms with Gasteiger partial charge in [0.05, 0.1) is 21.0 Å². The Hall–Kier alpha value is -2.21. The predicted molar refractivity (Wildman–Crippen MR) is 113 cm³/mol. The Bertz CT molecular complexity index is 1060. The first-order chi connectivity index (χ1) is 14.6. The van der Waals surface area contributed by atoms with E-state index >= 15 is 0 Å². The molecule has 11 heteroatoms. The smallest absolute Gasteiger partial charge is 0.457 e.